The van der Waals surface area contributed by atoms with E-state index < -0.39 is 10.0 Å². The number of hydrogen-bond acceptors (Lipinski definition) is 3. The lowest BCUT2D eigenvalue weighted by Gasteiger charge is -2.09. The molecule has 0 aliphatic carbocycles. The Morgan fingerprint density at radius 3 is 2.20 bits per heavy atom. The van der Waals surface area contributed by atoms with Gasteiger partial charge in [0.05, 0.1) is 5.75 Å². The number of aliphatic hydroxyl groups is 1. The predicted octanol–water partition coefficient (Wildman–Crippen LogP) is -0.740. The van der Waals surface area contributed by atoms with Crippen LogP contribution in [0.1, 0.15) is 6.42 Å². The molecule has 62 valence electrons. The molecule has 0 aromatic rings. The second-order valence-electron chi connectivity index (χ2n) is 2.18. The monoisotopic (exact) mass is 167 g/mol. The van der Waals surface area contributed by atoms with Crippen molar-refractivity contribution in [2.45, 2.75) is 6.42 Å². The molecule has 0 fully saturated rings. The number of hydrogen-bond donors (Lipinski definition) is 1. The maximum absolute atomic E-state index is 10.9. The van der Waals surface area contributed by atoms with Gasteiger partial charge in [0, 0.05) is 20.7 Å². The first kappa shape index (κ1) is 9.87. The highest BCUT2D eigenvalue weighted by Gasteiger charge is 2.11. The van der Waals surface area contributed by atoms with Crippen LogP contribution in [0.5, 0.6) is 0 Å². The maximum Gasteiger partial charge on any atom is 0.213 e. The molecule has 0 rings (SSSR count). The van der Waals surface area contributed by atoms with Gasteiger partial charge >= 0.3 is 0 Å². The van der Waals surface area contributed by atoms with Gasteiger partial charge in [-0.25, -0.2) is 12.7 Å². The molecule has 0 amide bonds. The van der Waals surface area contributed by atoms with Gasteiger partial charge in [0.15, 0.2) is 0 Å². The fourth-order valence-electron chi connectivity index (χ4n) is 0.430. The summed E-state index contributed by atoms with van der Waals surface area (Å²) in [5.41, 5.74) is 0. The lowest BCUT2D eigenvalue weighted by molar-refractivity contribution is 0.294. The molecule has 0 aromatic carbocycles. The van der Waals surface area contributed by atoms with Gasteiger partial charge < -0.3 is 5.11 Å². The fraction of sp³-hybridized carbons (Fsp3) is 1.00. The summed E-state index contributed by atoms with van der Waals surface area (Å²) in [4.78, 5) is 0. The molecule has 0 aliphatic heterocycles. The zero-order valence-corrected chi connectivity index (χ0v) is 7.06. The van der Waals surface area contributed by atoms with Gasteiger partial charge in [0.25, 0.3) is 0 Å². The largest absolute Gasteiger partial charge is 0.396 e. The average molecular weight is 167 g/mol. The normalized spacial score (nSPS) is 12.4. The predicted molar refractivity (Wildman–Crippen MR) is 39.2 cm³/mol. The Kier molecular flexibility index (Phi) is 3.85. The van der Waals surface area contributed by atoms with Crippen LogP contribution in [0.3, 0.4) is 0 Å². The Bertz CT molecular complexity index is 173. The van der Waals surface area contributed by atoms with Crippen LogP contribution in [0.15, 0.2) is 0 Å². The summed E-state index contributed by atoms with van der Waals surface area (Å²) in [6, 6.07) is 0. The van der Waals surface area contributed by atoms with Crippen molar-refractivity contribution >= 4 is 10.0 Å². The zero-order valence-electron chi connectivity index (χ0n) is 6.24. The van der Waals surface area contributed by atoms with Crippen molar-refractivity contribution in [1.29, 1.82) is 0 Å². The van der Waals surface area contributed by atoms with E-state index in [1.807, 2.05) is 0 Å². The van der Waals surface area contributed by atoms with Crippen molar-refractivity contribution in [2.75, 3.05) is 26.5 Å². The standard InChI is InChI=1S/C5H13NO3S/c1-6(2)10(8,9)5-3-4-7/h7H,3-5H2,1-2H3. The number of aliphatic hydroxyl groups excluding tert-OH is 1. The average Bonchev–Trinajstić information content (AvgIpc) is 1.84. The smallest absolute Gasteiger partial charge is 0.213 e. The molecule has 0 spiro atoms. The van der Waals surface area contributed by atoms with Crippen LogP contribution in [0.2, 0.25) is 0 Å². The molecule has 0 saturated carbocycles. The van der Waals surface area contributed by atoms with E-state index in [-0.39, 0.29) is 12.4 Å². The summed E-state index contributed by atoms with van der Waals surface area (Å²) in [6.07, 6.45) is 0.306. The van der Waals surface area contributed by atoms with Gasteiger partial charge in [-0.3, -0.25) is 0 Å². The molecule has 0 radical (unpaired) electrons. The number of sulfonamides is 1. The summed E-state index contributed by atoms with van der Waals surface area (Å²) in [6.45, 7) is -0.0763. The van der Waals surface area contributed by atoms with E-state index >= 15 is 0 Å². The van der Waals surface area contributed by atoms with Crippen LogP contribution in [-0.4, -0.2) is 44.3 Å². The summed E-state index contributed by atoms with van der Waals surface area (Å²) in [7, 11) is -0.129. The summed E-state index contributed by atoms with van der Waals surface area (Å²) < 4.78 is 23.0. The van der Waals surface area contributed by atoms with Crippen LogP contribution >= 0.6 is 0 Å². The van der Waals surface area contributed by atoms with Gasteiger partial charge in [0.1, 0.15) is 0 Å². The highest BCUT2D eigenvalue weighted by Crippen LogP contribution is 1.95. The molecule has 0 heterocycles. The van der Waals surface area contributed by atoms with Crippen LogP contribution in [0, 0.1) is 0 Å². The van der Waals surface area contributed by atoms with Gasteiger partial charge in [-0.2, -0.15) is 0 Å². The van der Waals surface area contributed by atoms with E-state index in [4.69, 9.17) is 5.11 Å². The number of nitrogens with zero attached hydrogens (tertiary/aromatic N) is 1. The Labute approximate surface area is 61.5 Å². The molecule has 4 nitrogen and oxygen atoms in total. The zero-order chi connectivity index (χ0) is 8.20. The first-order chi connectivity index (χ1) is 4.50. The Balaban J connectivity index is 3.90. The van der Waals surface area contributed by atoms with Crippen LogP contribution in [-0.2, 0) is 10.0 Å². The van der Waals surface area contributed by atoms with Crippen molar-refractivity contribution in [2.24, 2.45) is 0 Å². The lowest BCUT2D eigenvalue weighted by atomic mass is 10.5. The molecule has 0 unspecified atom stereocenters. The van der Waals surface area contributed by atoms with Crippen LogP contribution < -0.4 is 0 Å². The Morgan fingerprint density at radius 2 is 1.90 bits per heavy atom. The van der Waals surface area contributed by atoms with Gasteiger partial charge in [-0.15, -0.1) is 0 Å². The molecular formula is C5H13NO3S. The molecule has 0 aliphatic rings. The highest BCUT2D eigenvalue weighted by molar-refractivity contribution is 7.89. The van der Waals surface area contributed by atoms with E-state index in [2.05, 4.69) is 0 Å². The van der Waals surface area contributed by atoms with Gasteiger partial charge in [0.2, 0.25) is 10.0 Å². The van der Waals surface area contributed by atoms with E-state index in [0.29, 0.717) is 6.42 Å². The minimum Gasteiger partial charge on any atom is -0.396 e. The SMILES string of the molecule is CN(C)S(=O)(=O)CCCO. The molecule has 5 heteroatoms. The lowest BCUT2D eigenvalue weighted by Crippen LogP contribution is -2.25. The van der Waals surface area contributed by atoms with E-state index in [1.54, 1.807) is 0 Å². The fourth-order valence-corrected chi connectivity index (χ4v) is 1.29. The second-order valence-corrected chi connectivity index (χ2v) is 4.48. The van der Waals surface area contributed by atoms with Gasteiger partial charge in [-0.05, 0) is 6.42 Å². The second kappa shape index (κ2) is 3.90. The quantitative estimate of drug-likeness (QED) is 0.600. The third-order valence-corrected chi connectivity index (χ3v) is 3.03. The summed E-state index contributed by atoms with van der Waals surface area (Å²) in [5.74, 6) is 0.0243. The minimum absolute atomic E-state index is 0.0243. The van der Waals surface area contributed by atoms with E-state index in [0.717, 1.165) is 4.31 Å². The van der Waals surface area contributed by atoms with E-state index in [9.17, 15) is 8.42 Å². The maximum atomic E-state index is 10.9. The first-order valence-electron chi connectivity index (χ1n) is 3.02. The molecule has 0 atom stereocenters. The van der Waals surface area contributed by atoms with E-state index in [1.165, 1.54) is 14.1 Å². The Hall–Kier alpha value is -0.130. The van der Waals surface area contributed by atoms with Crippen molar-refractivity contribution in [3.05, 3.63) is 0 Å². The number of rotatable bonds is 4. The van der Waals surface area contributed by atoms with Crippen LogP contribution in [0.25, 0.3) is 0 Å². The van der Waals surface area contributed by atoms with Crippen molar-refractivity contribution in [3.8, 4) is 0 Å². The Morgan fingerprint density at radius 1 is 1.40 bits per heavy atom. The minimum atomic E-state index is -3.09. The molecule has 1 N–H and O–H groups in total. The highest BCUT2D eigenvalue weighted by atomic mass is 32.2. The topological polar surface area (TPSA) is 57.6 Å². The van der Waals surface area contributed by atoms with Crippen molar-refractivity contribution in [1.82, 2.24) is 4.31 Å². The summed E-state index contributed by atoms with van der Waals surface area (Å²) >= 11 is 0. The third kappa shape index (κ3) is 3.14. The van der Waals surface area contributed by atoms with Gasteiger partial charge in [-0.1, -0.05) is 0 Å². The molecule has 0 bridgehead atoms. The molecule has 0 saturated heterocycles. The first-order valence-corrected chi connectivity index (χ1v) is 4.62. The summed E-state index contributed by atoms with van der Waals surface area (Å²) in [5, 5.41) is 8.33. The third-order valence-electron chi connectivity index (χ3n) is 1.12. The molecule has 10 heavy (non-hydrogen) atoms. The molecule has 0 aromatic heterocycles. The molecular weight excluding hydrogens is 154 g/mol. The van der Waals surface area contributed by atoms with Crippen molar-refractivity contribution < 1.29 is 13.5 Å². The van der Waals surface area contributed by atoms with Crippen molar-refractivity contribution in [3.63, 3.8) is 0 Å². The van der Waals surface area contributed by atoms with Crippen LogP contribution in [0.4, 0.5) is 0 Å².